The molecular weight excluding hydrogens is 398 g/mol. The molecule has 2 aromatic heterocycles. The molecule has 2 heterocycles. The van der Waals surface area contributed by atoms with E-state index in [1.165, 1.54) is 11.1 Å². The van der Waals surface area contributed by atoms with Crippen LogP contribution in [-0.2, 0) is 10.8 Å². The second-order valence-corrected chi connectivity index (χ2v) is 9.59. The lowest BCUT2D eigenvalue weighted by Gasteiger charge is -2.39. The molecule has 0 amide bonds. The van der Waals surface area contributed by atoms with Crippen molar-refractivity contribution in [1.29, 1.82) is 0 Å². The maximum Gasteiger partial charge on any atom is 0.257 e. The number of nitrogens with two attached hydrogens (primary N) is 1. The summed E-state index contributed by atoms with van der Waals surface area (Å²) < 4.78 is 5.69. The summed E-state index contributed by atoms with van der Waals surface area (Å²) in [5.41, 5.74) is 10.9. The first kappa shape index (κ1) is 20.4. The van der Waals surface area contributed by atoms with Crippen LogP contribution >= 0.6 is 0 Å². The maximum atomic E-state index is 5.69. The van der Waals surface area contributed by atoms with E-state index in [0.29, 0.717) is 5.89 Å². The molecule has 2 N–H and O–H groups in total. The van der Waals surface area contributed by atoms with Crippen molar-refractivity contribution in [3.05, 3.63) is 77.9 Å². The Kier molecular flexibility index (Phi) is 4.81. The summed E-state index contributed by atoms with van der Waals surface area (Å²) >= 11 is 0. The predicted molar refractivity (Wildman–Crippen MR) is 125 cm³/mol. The monoisotopic (exact) mass is 425 g/mol. The summed E-state index contributed by atoms with van der Waals surface area (Å²) in [7, 11) is 0. The van der Waals surface area contributed by atoms with Crippen LogP contribution in [0.1, 0.15) is 57.0 Å². The first-order valence-electron chi connectivity index (χ1n) is 11.0. The van der Waals surface area contributed by atoms with Crippen LogP contribution in [0.15, 0.2) is 65.4 Å². The first-order valence-corrected chi connectivity index (χ1v) is 11.0. The maximum absolute atomic E-state index is 5.69. The Hall–Kier alpha value is -3.54. The van der Waals surface area contributed by atoms with Gasteiger partial charge in [-0.2, -0.15) is 4.98 Å². The summed E-state index contributed by atoms with van der Waals surface area (Å²) in [5.74, 6) is 1.62. The summed E-state index contributed by atoms with van der Waals surface area (Å²) in [5, 5.41) is 4.40. The third-order valence-corrected chi connectivity index (χ3v) is 6.50. The molecule has 5 rings (SSSR count). The highest BCUT2D eigenvalue weighted by Gasteiger charge is 2.44. The van der Waals surface area contributed by atoms with E-state index in [9.17, 15) is 0 Å². The normalized spacial score (nSPS) is 15.3. The fourth-order valence-corrected chi connectivity index (χ4v) is 4.29. The molecule has 0 unspecified atom stereocenters. The van der Waals surface area contributed by atoms with Gasteiger partial charge in [-0.3, -0.25) is 0 Å². The summed E-state index contributed by atoms with van der Waals surface area (Å²) in [6.45, 7) is 6.62. The Morgan fingerprint density at radius 3 is 2.03 bits per heavy atom. The van der Waals surface area contributed by atoms with E-state index in [2.05, 4.69) is 84.4 Å². The van der Waals surface area contributed by atoms with Crippen molar-refractivity contribution in [3.8, 4) is 22.6 Å². The highest BCUT2D eigenvalue weighted by Crippen LogP contribution is 2.48. The van der Waals surface area contributed by atoms with Gasteiger partial charge < -0.3 is 10.3 Å². The van der Waals surface area contributed by atoms with Crippen LogP contribution in [0.2, 0.25) is 0 Å². The van der Waals surface area contributed by atoms with Crippen LogP contribution in [0.3, 0.4) is 0 Å². The topological polar surface area (TPSA) is 90.7 Å². The quantitative estimate of drug-likeness (QED) is 0.461. The van der Waals surface area contributed by atoms with Crippen molar-refractivity contribution >= 4 is 5.95 Å². The standard InChI is InChI=1S/C26H27N5O/c1-25(2,3)20-9-7-18(8-10-20)22-30-23(31-32-22)26(13-4-14-26)21-11-5-17(6-12-21)19-15-28-24(27)29-16-19/h5-12,15-16H,4,13-14H2,1-3H3,(H2,27,28,29). The van der Waals surface area contributed by atoms with Gasteiger partial charge in [-0.05, 0) is 47.1 Å². The van der Waals surface area contributed by atoms with E-state index in [4.69, 9.17) is 15.2 Å². The third kappa shape index (κ3) is 3.55. The molecule has 1 saturated carbocycles. The molecule has 6 nitrogen and oxygen atoms in total. The number of nitrogen functional groups attached to an aromatic ring is 1. The van der Waals surface area contributed by atoms with Crippen LogP contribution in [0.25, 0.3) is 22.6 Å². The molecule has 0 saturated heterocycles. The van der Waals surface area contributed by atoms with E-state index in [1.54, 1.807) is 12.4 Å². The van der Waals surface area contributed by atoms with Gasteiger partial charge >= 0.3 is 0 Å². The van der Waals surface area contributed by atoms with Crippen LogP contribution in [0.4, 0.5) is 5.95 Å². The number of benzene rings is 2. The molecule has 0 spiro atoms. The summed E-state index contributed by atoms with van der Waals surface area (Å²) in [6, 6.07) is 16.9. The molecule has 1 aliphatic rings. The van der Waals surface area contributed by atoms with Gasteiger partial charge in [0, 0.05) is 23.5 Å². The van der Waals surface area contributed by atoms with Crippen LogP contribution in [0, 0.1) is 0 Å². The van der Waals surface area contributed by atoms with Crippen molar-refractivity contribution in [2.24, 2.45) is 0 Å². The molecule has 6 heteroatoms. The molecule has 4 aromatic rings. The Bertz CT molecular complexity index is 1220. The fourth-order valence-electron chi connectivity index (χ4n) is 4.29. The largest absolute Gasteiger partial charge is 0.368 e. The lowest BCUT2D eigenvalue weighted by molar-refractivity contribution is 0.273. The number of aromatic nitrogens is 4. The molecule has 1 aliphatic carbocycles. The number of rotatable bonds is 4. The molecule has 0 radical (unpaired) electrons. The zero-order valence-electron chi connectivity index (χ0n) is 18.7. The number of anilines is 1. The lowest BCUT2D eigenvalue weighted by Crippen LogP contribution is -2.36. The van der Waals surface area contributed by atoms with Crippen molar-refractivity contribution in [1.82, 2.24) is 20.1 Å². The molecule has 162 valence electrons. The fraction of sp³-hybridized carbons (Fsp3) is 0.308. The lowest BCUT2D eigenvalue weighted by atomic mass is 9.64. The summed E-state index contributed by atoms with van der Waals surface area (Å²) in [4.78, 5) is 13.0. The van der Waals surface area contributed by atoms with Crippen LogP contribution in [0.5, 0.6) is 0 Å². The van der Waals surface area contributed by atoms with E-state index in [-0.39, 0.29) is 16.8 Å². The van der Waals surface area contributed by atoms with Crippen molar-refractivity contribution in [2.45, 2.75) is 50.9 Å². The minimum atomic E-state index is -0.191. The van der Waals surface area contributed by atoms with Gasteiger partial charge in [0.2, 0.25) is 5.95 Å². The zero-order chi connectivity index (χ0) is 22.3. The average Bonchev–Trinajstić information content (AvgIpc) is 3.24. The van der Waals surface area contributed by atoms with Crippen molar-refractivity contribution in [3.63, 3.8) is 0 Å². The highest BCUT2D eigenvalue weighted by molar-refractivity contribution is 5.63. The second kappa shape index (κ2) is 7.55. The first-order chi connectivity index (χ1) is 15.3. The average molecular weight is 426 g/mol. The SMILES string of the molecule is CC(C)(C)c1ccc(-c2nc(C3(c4ccc(-c5cnc(N)nc5)cc4)CCC3)no2)cc1. The van der Waals surface area contributed by atoms with Gasteiger partial charge in [0.05, 0.1) is 5.41 Å². The van der Waals surface area contributed by atoms with Gasteiger partial charge in [-0.1, -0.05) is 68.7 Å². The molecule has 32 heavy (non-hydrogen) atoms. The van der Waals surface area contributed by atoms with E-state index in [0.717, 1.165) is 41.8 Å². The Morgan fingerprint density at radius 2 is 1.47 bits per heavy atom. The minimum absolute atomic E-state index is 0.110. The molecule has 1 fully saturated rings. The van der Waals surface area contributed by atoms with Gasteiger partial charge in [-0.25, -0.2) is 9.97 Å². The van der Waals surface area contributed by atoms with Crippen LogP contribution < -0.4 is 5.73 Å². The van der Waals surface area contributed by atoms with E-state index in [1.807, 2.05) is 0 Å². The van der Waals surface area contributed by atoms with Gasteiger partial charge in [0.1, 0.15) is 0 Å². The minimum Gasteiger partial charge on any atom is -0.368 e. The van der Waals surface area contributed by atoms with Gasteiger partial charge in [0.15, 0.2) is 5.82 Å². The molecule has 0 aliphatic heterocycles. The molecular formula is C26H27N5O. The highest BCUT2D eigenvalue weighted by atomic mass is 16.5. The summed E-state index contributed by atoms with van der Waals surface area (Å²) in [6.07, 6.45) is 6.66. The number of hydrogen-bond acceptors (Lipinski definition) is 6. The van der Waals surface area contributed by atoms with Crippen molar-refractivity contribution in [2.75, 3.05) is 5.73 Å². The molecule has 0 bridgehead atoms. The van der Waals surface area contributed by atoms with Gasteiger partial charge in [-0.15, -0.1) is 0 Å². The Morgan fingerprint density at radius 1 is 0.844 bits per heavy atom. The van der Waals surface area contributed by atoms with Crippen molar-refractivity contribution < 1.29 is 4.52 Å². The van der Waals surface area contributed by atoms with E-state index >= 15 is 0 Å². The smallest absolute Gasteiger partial charge is 0.257 e. The van der Waals surface area contributed by atoms with Gasteiger partial charge in [0.25, 0.3) is 5.89 Å². The Balaban J connectivity index is 1.42. The molecule has 2 aromatic carbocycles. The van der Waals surface area contributed by atoms with E-state index < -0.39 is 0 Å². The molecule has 0 atom stereocenters. The van der Waals surface area contributed by atoms with Crippen LogP contribution in [-0.4, -0.2) is 20.1 Å². The number of nitrogens with zero attached hydrogens (tertiary/aromatic N) is 4. The zero-order valence-corrected chi connectivity index (χ0v) is 18.7. The predicted octanol–water partition coefficient (Wildman–Crippen LogP) is 5.54. The number of hydrogen-bond donors (Lipinski definition) is 1. The second-order valence-electron chi connectivity index (χ2n) is 9.59. The third-order valence-electron chi connectivity index (χ3n) is 6.50. The Labute approximate surface area is 187 Å².